The third-order valence-electron chi connectivity index (χ3n) is 11.3. The lowest BCUT2D eigenvalue weighted by Gasteiger charge is -2.42. The highest BCUT2D eigenvalue weighted by atomic mass is 16.3. The van der Waals surface area contributed by atoms with Crippen LogP contribution in [-0.4, -0.2) is 0 Å². The fourth-order valence-corrected chi connectivity index (χ4v) is 8.27. The molecular formula is C50H44N2O. The molecule has 0 unspecified atom stereocenters. The van der Waals surface area contributed by atoms with Gasteiger partial charge < -0.3 is 14.2 Å². The number of anilines is 6. The smallest absolute Gasteiger partial charge is 0.137 e. The van der Waals surface area contributed by atoms with Crippen LogP contribution in [0.2, 0.25) is 0 Å². The Morgan fingerprint density at radius 2 is 0.849 bits per heavy atom. The molecule has 0 aliphatic heterocycles. The van der Waals surface area contributed by atoms with E-state index >= 15 is 0 Å². The number of furan rings is 1. The van der Waals surface area contributed by atoms with E-state index < -0.39 is 0 Å². The number of benzene rings is 7. The monoisotopic (exact) mass is 688 g/mol. The van der Waals surface area contributed by atoms with Crippen LogP contribution in [0.5, 0.6) is 0 Å². The lowest BCUT2D eigenvalue weighted by molar-refractivity contribution is 0.332. The van der Waals surface area contributed by atoms with E-state index in [4.69, 9.17) is 4.42 Å². The number of rotatable bonds is 7. The Kier molecular flexibility index (Phi) is 7.96. The average Bonchev–Trinajstić information content (AvgIpc) is 3.56. The van der Waals surface area contributed by atoms with E-state index in [0.29, 0.717) is 0 Å². The van der Waals surface area contributed by atoms with Crippen molar-refractivity contribution in [2.45, 2.75) is 51.4 Å². The van der Waals surface area contributed by atoms with Crippen LogP contribution < -0.4 is 9.80 Å². The number of hydrogen-bond donors (Lipinski definition) is 0. The summed E-state index contributed by atoms with van der Waals surface area (Å²) in [6, 6.07) is 61.1. The second-order valence-electron chi connectivity index (χ2n) is 15.7. The zero-order valence-corrected chi connectivity index (χ0v) is 30.9. The molecule has 0 spiro atoms. The van der Waals surface area contributed by atoms with Gasteiger partial charge in [0.1, 0.15) is 11.2 Å². The number of hydrogen-bond acceptors (Lipinski definition) is 3. The van der Waals surface area contributed by atoms with Crippen molar-refractivity contribution in [1.29, 1.82) is 0 Å². The van der Waals surface area contributed by atoms with Gasteiger partial charge in [0.25, 0.3) is 0 Å². The summed E-state index contributed by atoms with van der Waals surface area (Å²) >= 11 is 0. The van der Waals surface area contributed by atoms with E-state index in [0.717, 1.165) is 61.5 Å². The predicted octanol–water partition coefficient (Wildman–Crippen LogP) is 14.5. The van der Waals surface area contributed by atoms with Gasteiger partial charge >= 0.3 is 0 Å². The normalized spacial score (nSPS) is 14.6. The van der Waals surface area contributed by atoms with Crippen LogP contribution in [-0.2, 0) is 10.8 Å². The largest absolute Gasteiger partial charge is 0.456 e. The highest BCUT2D eigenvalue weighted by Gasteiger charge is 2.37. The van der Waals surface area contributed by atoms with Crippen molar-refractivity contribution in [3.8, 4) is 11.1 Å². The Morgan fingerprint density at radius 3 is 1.47 bits per heavy atom. The van der Waals surface area contributed by atoms with Gasteiger partial charge in [-0.3, -0.25) is 0 Å². The fraction of sp³-hybridized carbons (Fsp3) is 0.160. The zero-order chi connectivity index (χ0) is 36.2. The summed E-state index contributed by atoms with van der Waals surface area (Å²) in [5.41, 5.74) is 14.0. The molecular weight excluding hydrogens is 645 g/mol. The first-order valence-corrected chi connectivity index (χ1v) is 18.7. The van der Waals surface area contributed by atoms with Crippen molar-refractivity contribution >= 4 is 56.1 Å². The molecule has 0 atom stereocenters. The SMILES string of the molecule is CC1(C)CCC(C)(C)c2cc(N(c3ccccc3)c3cccc(-c4cccc(N(c5ccccc5)c5ccc6c(c5)oc5ccccc56)c4)c3)ccc21. The summed E-state index contributed by atoms with van der Waals surface area (Å²) in [6.07, 6.45) is 2.38. The maximum Gasteiger partial charge on any atom is 0.137 e. The summed E-state index contributed by atoms with van der Waals surface area (Å²) in [5, 5.41) is 2.26. The molecule has 0 N–H and O–H groups in total. The molecule has 0 fully saturated rings. The molecule has 0 saturated heterocycles. The minimum Gasteiger partial charge on any atom is -0.456 e. The molecule has 8 aromatic rings. The first kappa shape index (κ1) is 32.8. The topological polar surface area (TPSA) is 19.6 Å². The fourth-order valence-electron chi connectivity index (χ4n) is 8.27. The van der Waals surface area contributed by atoms with Crippen molar-refractivity contribution in [1.82, 2.24) is 0 Å². The molecule has 0 amide bonds. The van der Waals surface area contributed by atoms with Crippen LogP contribution in [0.4, 0.5) is 34.1 Å². The van der Waals surface area contributed by atoms with Crippen LogP contribution in [0.3, 0.4) is 0 Å². The summed E-state index contributed by atoms with van der Waals surface area (Å²) in [5.74, 6) is 0. The Hall–Kier alpha value is -6.06. The zero-order valence-electron chi connectivity index (χ0n) is 30.9. The lowest BCUT2D eigenvalue weighted by atomic mass is 9.63. The number of para-hydroxylation sites is 3. The summed E-state index contributed by atoms with van der Waals surface area (Å²) in [4.78, 5) is 4.72. The molecule has 1 aromatic heterocycles. The average molecular weight is 689 g/mol. The van der Waals surface area contributed by atoms with Crippen LogP contribution >= 0.6 is 0 Å². The first-order valence-electron chi connectivity index (χ1n) is 18.7. The minimum absolute atomic E-state index is 0.116. The second kappa shape index (κ2) is 12.9. The van der Waals surface area contributed by atoms with Crippen LogP contribution in [0.25, 0.3) is 33.1 Å². The summed E-state index contributed by atoms with van der Waals surface area (Å²) in [7, 11) is 0. The molecule has 9 rings (SSSR count). The summed E-state index contributed by atoms with van der Waals surface area (Å²) in [6.45, 7) is 9.59. The molecule has 1 aliphatic rings. The third kappa shape index (κ3) is 5.97. The molecule has 0 bridgehead atoms. The van der Waals surface area contributed by atoms with E-state index in [9.17, 15) is 0 Å². The highest BCUT2D eigenvalue weighted by Crippen LogP contribution is 2.48. The van der Waals surface area contributed by atoms with Gasteiger partial charge in [-0.25, -0.2) is 0 Å². The molecule has 1 aliphatic carbocycles. The first-order chi connectivity index (χ1) is 25.7. The van der Waals surface area contributed by atoms with Gasteiger partial charge in [0.15, 0.2) is 0 Å². The number of fused-ring (bicyclic) bond motifs is 4. The summed E-state index contributed by atoms with van der Waals surface area (Å²) < 4.78 is 6.34. The Balaban J connectivity index is 1.14. The van der Waals surface area contributed by atoms with Gasteiger partial charge in [-0.2, -0.15) is 0 Å². The lowest BCUT2D eigenvalue weighted by Crippen LogP contribution is -2.34. The van der Waals surface area contributed by atoms with Crippen molar-refractivity contribution in [3.05, 3.63) is 181 Å². The molecule has 3 nitrogen and oxygen atoms in total. The van der Waals surface area contributed by atoms with Gasteiger partial charge in [0, 0.05) is 51.0 Å². The van der Waals surface area contributed by atoms with Crippen molar-refractivity contribution in [2.24, 2.45) is 0 Å². The van der Waals surface area contributed by atoms with E-state index in [1.807, 2.05) is 12.1 Å². The highest BCUT2D eigenvalue weighted by molar-refractivity contribution is 6.06. The van der Waals surface area contributed by atoms with Crippen molar-refractivity contribution < 1.29 is 4.42 Å². The minimum atomic E-state index is 0.116. The Morgan fingerprint density at radius 1 is 0.377 bits per heavy atom. The quantitative estimate of drug-likeness (QED) is 0.166. The van der Waals surface area contributed by atoms with Gasteiger partial charge in [-0.1, -0.05) is 113 Å². The Labute approximate surface area is 312 Å². The maximum atomic E-state index is 6.34. The van der Waals surface area contributed by atoms with Gasteiger partial charge in [-0.05, 0) is 125 Å². The predicted molar refractivity (Wildman–Crippen MR) is 224 cm³/mol. The van der Waals surface area contributed by atoms with E-state index in [2.05, 4.69) is 195 Å². The number of nitrogens with zero attached hydrogens (tertiary/aromatic N) is 2. The van der Waals surface area contributed by atoms with Crippen LogP contribution in [0.15, 0.2) is 174 Å². The molecule has 3 heteroatoms. The Bertz CT molecular complexity index is 2580. The van der Waals surface area contributed by atoms with Crippen molar-refractivity contribution in [3.63, 3.8) is 0 Å². The molecule has 7 aromatic carbocycles. The standard InChI is InChI=1S/C50H44N2O/c1-49(2)29-30-50(3,4)46-33-41(26-28-45(46)49)51(37-17-7-5-8-18-37)39-21-13-15-35(31-39)36-16-14-22-40(32-36)52(38-19-9-6-10-20-38)42-25-27-44-43-23-11-12-24-47(43)53-48(44)34-42/h5-28,31-34H,29-30H2,1-4H3. The second-order valence-corrected chi connectivity index (χ2v) is 15.7. The molecule has 260 valence electrons. The molecule has 1 heterocycles. The third-order valence-corrected chi connectivity index (χ3v) is 11.3. The van der Waals surface area contributed by atoms with E-state index in [-0.39, 0.29) is 10.8 Å². The van der Waals surface area contributed by atoms with Crippen LogP contribution in [0.1, 0.15) is 51.7 Å². The van der Waals surface area contributed by atoms with Gasteiger partial charge in [0.05, 0.1) is 0 Å². The molecule has 0 saturated carbocycles. The molecule has 0 radical (unpaired) electrons. The van der Waals surface area contributed by atoms with E-state index in [1.165, 1.54) is 29.7 Å². The van der Waals surface area contributed by atoms with E-state index in [1.54, 1.807) is 0 Å². The van der Waals surface area contributed by atoms with Crippen molar-refractivity contribution in [2.75, 3.05) is 9.80 Å². The maximum absolute atomic E-state index is 6.34. The van der Waals surface area contributed by atoms with Gasteiger partial charge in [0.2, 0.25) is 0 Å². The van der Waals surface area contributed by atoms with Gasteiger partial charge in [-0.15, -0.1) is 0 Å². The van der Waals surface area contributed by atoms with Crippen LogP contribution in [0, 0.1) is 0 Å². The molecule has 53 heavy (non-hydrogen) atoms.